The first-order valence-electron chi connectivity index (χ1n) is 8.35. The van der Waals surface area contributed by atoms with Crippen molar-refractivity contribution in [3.63, 3.8) is 0 Å². The molecule has 2 amide bonds. The largest absolute Gasteiger partial charge is 0.490 e. The first-order chi connectivity index (χ1) is 11.0. The SMILES string of the molecule is Cc1ccc(OC2CCN(C(=O)[C@H]3CCC(=O)N3)CC2)cc1C. The van der Waals surface area contributed by atoms with Gasteiger partial charge in [-0.05, 0) is 43.5 Å². The number of nitrogens with one attached hydrogen (secondary N) is 1. The first-order valence-corrected chi connectivity index (χ1v) is 8.35. The molecule has 2 aliphatic rings. The molecule has 2 heterocycles. The predicted octanol–water partition coefficient (Wildman–Crippen LogP) is 1.95. The van der Waals surface area contributed by atoms with Crippen LogP contribution in [0.5, 0.6) is 5.75 Å². The van der Waals surface area contributed by atoms with E-state index in [-0.39, 0.29) is 24.0 Å². The maximum absolute atomic E-state index is 12.4. The van der Waals surface area contributed by atoms with Gasteiger partial charge in [-0.2, -0.15) is 0 Å². The number of likely N-dealkylation sites (tertiary alicyclic amines) is 1. The minimum atomic E-state index is -0.320. The highest BCUT2D eigenvalue weighted by atomic mass is 16.5. The quantitative estimate of drug-likeness (QED) is 0.927. The first kappa shape index (κ1) is 15.8. The van der Waals surface area contributed by atoms with Crippen molar-refractivity contribution in [2.75, 3.05) is 13.1 Å². The van der Waals surface area contributed by atoms with Gasteiger partial charge in [0.15, 0.2) is 0 Å². The molecule has 0 radical (unpaired) electrons. The molecular weight excluding hydrogens is 292 g/mol. The maximum Gasteiger partial charge on any atom is 0.245 e. The smallest absolute Gasteiger partial charge is 0.245 e. The van der Waals surface area contributed by atoms with Crippen molar-refractivity contribution >= 4 is 11.8 Å². The second kappa shape index (κ2) is 6.60. The number of rotatable bonds is 3. The Labute approximate surface area is 137 Å². The number of aryl methyl sites for hydroxylation is 2. The summed E-state index contributed by atoms with van der Waals surface area (Å²) in [4.78, 5) is 25.5. The Morgan fingerprint density at radius 1 is 1.17 bits per heavy atom. The van der Waals surface area contributed by atoms with Gasteiger partial charge in [-0.3, -0.25) is 9.59 Å². The van der Waals surface area contributed by atoms with Gasteiger partial charge < -0.3 is 15.0 Å². The third kappa shape index (κ3) is 3.66. The Hall–Kier alpha value is -2.04. The van der Waals surface area contributed by atoms with Crippen LogP contribution in [-0.2, 0) is 9.59 Å². The molecule has 1 N–H and O–H groups in total. The molecule has 0 spiro atoms. The van der Waals surface area contributed by atoms with Crippen molar-refractivity contribution in [1.82, 2.24) is 10.2 Å². The zero-order valence-electron chi connectivity index (χ0n) is 13.8. The fourth-order valence-corrected chi connectivity index (χ4v) is 3.19. The highest BCUT2D eigenvalue weighted by molar-refractivity contribution is 5.90. The van der Waals surface area contributed by atoms with Crippen LogP contribution in [0.25, 0.3) is 0 Å². The molecule has 0 aromatic heterocycles. The number of nitrogens with zero attached hydrogens (tertiary/aromatic N) is 1. The molecule has 0 aliphatic carbocycles. The van der Waals surface area contributed by atoms with E-state index in [1.807, 2.05) is 11.0 Å². The average Bonchev–Trinajstić information content (AvgIpc) is 2.97. The molecule has 2 fully saturated rings. The summed E-state index contributed by atoms with van der Waals surface area (Å²) in [7, 11) is 0. The summed E-state index contributed by atoms with van der Waals surface area (Å²) in [5.41, 5.74) is 2.49. The van der Waals surface area contributed by atoms with Crippen LogP contribution in [0.3, 0.4) is 0 Å². The number of carbonyl (C=O) groups excluding carboxylic acids is 2. The van der Waals surface area contributed by atoms with E-state index in [2.05, 4.69) is 31.3 Å². The standard InChI is InChI=1S/C18H24N2O3/c1-12-3-4-15(11-13(12)2)23-14-7-9-20(10-8-14)18(22)16-5-6-17(21)19-16/h3-4,11,14,16H,5-10H2,1-2H3,(H,19,21)/t16-/m1/s1. The molecule has 0 bridgehead atoms. The number of benzene rings is 1. The summed E-state index contributed by atoms with van der Waals surface area (Å²) in [6.45, 7) is 5.56. The van der Waals surface area contributed by atoms with Crippen molar-refractivity contribution in [3.05, 3.63) is 29.3 Å². The highest BCUT2D eigenvalue weighted by Crippen LogP contribution is 2.22. The number of hydrogen-bond acceptors (Lipinski definition) is 3. The normalized spacial score (nSPS) is 22.1. The van der Waals surface area contributed by atoms with Gasteiger partial charge >= 0.3 is 0 Å². The molecule has 3 rings (SSSR count). The van der Waals surface area contributed by atoms with Crippen LogP contribution < -0.4 is 10.1 Å². The lowest BCUT2D eigenvalue weighted by Gasteiger charge is -2.33. The molecule has 0 unspecified atom stereocenters. The van der Waals surface area contributed by atoms with Gasteiger partial charge in [-0.15, -0.1) is 0 Å². The molecule has 124 valence electrons. The molecule has 5 nitrogen and oxygen atoms in total. The van der Waals surface area contributed by atoms with Crippen LogP contribution >= 0.6 is 0 Å². The molecule has 0 saturated carbocycles. The summed E-state index contributed by atoms with van der Waals surface area (Å²) in [5, 5.41) is 2.75. The summed E-state index contributed by atoms with van der Waals surface area (Å²) in [6, 6.07) is 5.83. The summed E-state index contributed by atoms with van der Waals surface area (Å²) in [5.74, 6) is 0.942. The van der Waals surface area contributed by atoms with E-state index in [9.17, 15) is 9.59 Å². The molecule has 2 saturated heterocycles. The zero-order chi connectivity index (χ0) is 16.4. The Morgan fingerprint density at radius 2 is 1.91 bits per heavy atom. The van der Waals surface area contributed by atoms with E-state index in [1.165, 1.54) is 11.1 Å². The second-order valence-corrected chi connectivity index (χ2v) is 6.55. The molecule has 1 aromatic carbocycles. The van der Waals surface area contributed by atoms with E-state index in [1.54, 1.807) is 0 Å². The van der Waals surface area contributed by atoms with Gasteiger partial charge in [0, 0.05) is 32.4 Å². The third-order valence-corrected chi connectivity index (χ3v) is 4.83. The van der Waals surface area contributed by atoms with Crippen LogP contribution in [0.4, 0.5) is 0 Å². The van der Waals surface area contributed by atoms with Crippen molar-refractivity contribution in [2.24, 2.45) is 0 Å². The second-order valence-electron chi connectivity index (χ2n) is 6.55. The number of piperidine rings is 1. The van der Waals surface area contributed by atoms with E-state index >= 15 is 0 Å². The van der Waals surface area contributed by atoms with E-state index < -0.39 is 0 Å². The fraction of sp³-hybridized carbons (Fsp3) is 0.556. The number of carbonyl (C=O) groups is 2. The van der Waals surface area contributed by atoms with Gasteiger partial charge in [-0.1, -0.05) is 6.07 Å². The Kier molecular flexibility index (Phi) is 4.55. The van der Waals surface area contributed by atoms with Crippen molar-refractivity contribution in [1.29, 1.82) is 0 Å². The Balaban J connectivity index is 1.51. The fourth-order valence-electron chi connectivity index (χ4n) is 3.19. The lowest BCUT2D eigenvalue weighted by atomic mass is 10.1. The zero-order valence-corrected chi connectivity index (χ0v) is 13.8. The van der Waals surface area contributed by atoms with E-state index in [0.29, 0.717) is 25.9 Å². The van der Waals surface area contributed by atoms with Crippen LogP contribution in [0, 0.1) is 13.8 Å². The van der Waals surface area contributed by atoms with Gasteiger partial charge in [0.2, 0.25) is 11.8 Å². The van der Waals surface area contributed by atoms with Crippen LogP contribution in [0.1, 0.15) is 36.8 Å². The molecular formula is C18H24N2O3. The number of amides is 2. The molecule has 1 aromatic rings. The average molecular weight is 316 g/mol. The monoisotopic (exact) mass is 316 g/mol. The molecule has 5 heteroatoms. The molecule has 23 heavy (non-hydrogen) atoms. The van der Waals surface area contributed by atoms with E-state index in [4.69, 9.17) is 4.74 Å². The predicted molar refractivity (Wildman–Crippen MR) is 87.3 cm³/mol. The van der Waals surface area contributed by atoms with Gasteiger partial charge in [0.05, 0.1) is 0 Å². The lowest BCUT2D eigenvalue weighted by Crippen LogP contribution is -2.49. The van der Waals surface area contributed by atoms with Crippen molar-refractivity contribution in [3.8, 4) is 5.75 Å². The molecule has 2 aliphatic heterocycles. The van der Waals surface area contributed by atoms with Crippen molar-refractivity contribution < 1.29 is 14.3 Å². The molecule has 1 atom stereocenters. The van der Waals surface area contributed by atoms with Gasteiger partial charge in [0.25, 0.3) is 0 Å². The van der Waals surface area contributed by atoms with Crippen LogP contribution in [-0.4, -0.2) is 41.9 Å². The maximum atomic E-state index is 12.4. The van der Waals surface area contributed by atoms with Gasteiger partial charge in [0.1, 0.15) is 17.9 Å². The lowest BCUT2D eigenvalue weighted by molar-refractivity contribution is -0.136. The van der Waals surface area contributed by atoms with Gasteiger partial charge in [-0.25, -0.2) is 0 Å². The number of hydrogen-bond donors (Lipinski definition) is 1. The van der Waals surface area contributed by atoms with Crippen LogP contribution in [0.15, 0.2) is 18.2 Å². The number of ether oxygens (including phenoxy) is 1. The van der Waals surface area contributed by atoms with Crippen LogP contribution in [0.2, 0.25) is 0 Å². The minimum absolute atomic E-state index is 0.0173. The summed E-state index contributed by atoms with van der Waals surface area (Å²) >= 11 is 0. The van der Waals surface area contributed by atoms with Crippen molar-refractivity contribution in [2.45, 2.75) is 51.7 Å². The Morgan fingerprint density at radius 3 is 2.52 bits per heavy atom. The highest BCUT2D eigenvalue weighted by Gasteiger charge is 2.33. The summed E-state index contributed by atoms with van der Waals surface area (Å²) < 4.78 is 6.05. The third-order valence-electron chi connectivity index (χ3n) is 4.83. The Bertz CT molecular complexity index is 606. The van der Waals surface area contributed by atoms with E-state index in [0.717, 1.165) is 18.6 Å². The minimum Gasteiger partial charge on any atom is -0.490 e. The topological polar surface area (TPSA) is 58.6 Å². The summed E-state index contributed by atoms with van der Waals surface area (Å²) in [6.07, 6.45) is 2.90.